The minimum Gasteiger partial charge on any atom is -0.483 e. The highest BCUT2D eigenvalue weighted by Crippen LogP contribution is 2.19. The van der Waals surface area contributed by atoms with Gasteiger partial charge in [0.2, 0.25) is 5.91 Å². The third-order valence-corrected chi connectivity index (χ3v) is 3.72. The molecule has 21 heavy (non-hydrogen) atoms. The number of rotatable bonds is 4. The highest BCUT2D eigenvalue weighted by molar-refractivity contribution is 5.89. The molecule has 0 saturated carbocycles. The fraction of sp³-hybridized carbons (Fsp3) is 0.500. The van der Waals surface area contributed by atoms with Crippen molar-refractivity contribution < 1.29 is 14.3 Å². The molecule has 0 bridgehead atoms. The number of benzene rings is 1. The summed E-state index contributed by atoms with van der Waals surface area (Å²) in [5, 5.41) is 2.78. The van der Waals surface area contributed by atoms with Crippen molar-refractivity contribution in [3.05, 3.63) is 29.3 Å². The Morgan fingerprint density at radius 3 is 2.86 bits per heavy atom. The summed E-state index contributed by atoms with van der Waals surface area (Å²) in [6.07, 6.45) is 0.612. The van der Waals surface area contributed by atoms with Gasteiger partial charge in [-0.1, -0.05) is 24.6 Å². The summed E-state index contributed by atoms with van der Waals surface area (Å²) in [7, 11) is 0. The van der Waals surface area contributed by atoms with Gasteiger partial charge in [0.15, 0.2) is 6.61 Å². The first kappa shape index (κ1) is 15.4. The van der Waals surface area contributed by atoms with Crippen molar-refractivity contribution in [3.8, 4) is 5.75 Å². The van der Waals surface area contributed by atoms with E-state index in [1.807, 2.05) is 39.0 Å². The van der Waals surface area contributed by atoms with Gasteiger partial charge in [0.25, 0.3) is 5.91 Å². The van der Waals surface area contributed by atoms with Crippen molar-refractivity contribution in [3.63, 3.8) is 0 Å². The summed E-state index contributed by atoms with van der Waals surface area (Å²) in [4.78, 5) is 25.7. The van der Waals surface area contributed by atoms with Gasteiger partial charge in [-0.25, -0.2) is 0 Å². The van der Waals surface area contributed by atoms with E-state index in [4.69, 9.17) is 4.74 Å². The van der Waals surface area contributed by atoms with E-state index in [9.17, 15) is 9.59 Å². The van der Waals surface area contributed by atoms with Crippen LogP contribution >= 0.6 is 0 Å². The standard InChI is InChI=1S/C16H22N2O3/c1-4-13-16(20)17-7-8-18(13)15(19)10-21-14-6-5-11(2)9-12(14)3/h5-6,9,13H,4,7-8,10H2,1-3H3,(H,17,20). The highest BCUT2D eigenvalue weighted by atomic mass is 16.5. The monoisotopic (exact) mass is 290 g/mol. The fourth-order valence-electron chi connectivity index (χ4n) is 2.60. The number of amides is 2. The number of piperazine rings is 1. The molecule has 1 unspecified atom stereocenters. The number of carbonyl (C=O) groups excluding carboxylic acids is 2. The zero-order valence-electron chi connectivity index (χ0n) is 12.8. The SMILES string of the molecule is CCC1C(=O)NCCN1C(=O)COc1ccc(C)cc1C. The predicted octanol–water partition coefficient (Wildman–Crippen LogP) is 1.42. The first-order valence-electron chi connectivity index (χ1n) is 7.30. The van der Waals surface area contributed by atoms with Crippen LogP contribution in [0.2, 0.25) is 0 Å². The molecule has 114 valence electrons. The van der Waals surface area contributed by atoms with E-state index in [0.717, 1.165) is 11.1 Å². The molecule has 0 aromatic heterocycles. The smallest absolute Gasteiger partial charge is 0.261 e. The maximum atomic E-state index is 12.3. The zero-order valence-corrected chi connectivity index (χ0v) is 12.8. The van der Waals surface area contributed by atoms with Gasteiger partial charge < -0.3 is 15.0 Å². The Balaban J connectivity index is 1.99. The molecule has 1 aliphatic heterocycles. The Kier molecular flexibility index (Phi) is 4.83. The zero-order chi connectivity index (χ0) is 15.4. The Bertz CT molecular complexity index is 542. The summed E-state index contributed by atoms with van der Waals surface area (Å²) in [6.45, 7) is 6.88. The second-order valence-corrected chi connectivity index (χ2v) is 5.36. The van der Waals surface area contributed by atoms with Gasteiger partial charge in [-0.15, -0.1) is 0 Å². The molecular weight excluding hydrogens is 268 g/mol. The van der Waals surface area contributed by atoms with E-state index in [1.165, 1.54) is 0 Å². The summed E-state index contributed by atoms with van der Waals surface area (Å²) in [6, 6.07) is 5.46. The number of nitrogens with one attached hydrogen (secondary N) is 1. The largest absolute Gasteiger partial charge is 0.483 e. The normalized spacial score (nSPS) is 18.3. The minimum absolute atomic E-state index is 0.0340. The Morgan fingerprint density at radius 1 is 1.43 bits per heavy atom. The van der Waals surface area contributed by atoms with Crippen LogP contribution in [-0.2, 0) is 9.59 Å². The molecular formula is C16H22N2O3. The quantitative estimate of drug-likeness (QED) is 0.912. The van der Waals surface area contributed by atoms with Crippen LogP contribution in [0.15, 0.2) is 18.2 Å². The second-order valence-electron chi connectivity index (χ2n) is 5.36. The van der Waals surface area contributed by atoms with Gasteiger partial charge in [0, 0.05) is 13.1 Å². The highest BCUT2D eigenvalue weighted by Gasteiger charge is 2.31. The molecule has 5 nitrogen and oxygen atoms in total. The van der Waals surface area contributed by atoms with Crippen molar-refractivity contribution >= 4 is 11.8 Å². The second kappa shape index (κ2) is 6.61. The van der Waals surface area contributed by atoms with Crippen molar-refractivity contribution in [2.24, 2.45) is 0 Å². The molecule has 0 radical (unpaired) electrons. The lowest BCUT2D eigenvalue weighted by molar-refractivity contribution is -0.144. The van der Waals surface area contributed by atoms with Crippen LogP contribution in [0.5, 0.6) is 5.75 Å². The molecule has 0 aliphatic carbocycles. The maximum Gasteiger partial charge on any atom is 0.261 e. The Morgan fingerprint density at radius 2 is 2.19 bits per heavy atom. The first-order chi connectivity index (χ1) is 10.0. The van der Waals surface area contributed by atoms with Crippen LogP contribution < -0.4 is 10.1 Å². The Labute approximate surface area is 125 Å². The third-order valence-electron chi connectivity index (χ3n) is 3.72. The van der Waals surface area contributed by atoms with E-state index in [2.05, 4.69) is 5.32 Å². The number of carbonyl (C=O) groups is 2. The average molecular weight is 290 g/mol. The molecule has 1 aromatic carbocycles. The number of ether oxygens (including phenoxy) is 1. The van der Waals surface area contributed by atoms with E-state index < -0.39 is 0 Å². The average Bonchev–Trinajstić information content (AvgIpc) is 2.45. The topological polar surface area (TPSA) is 58.6 Å². The van der Waals surface area contributed by atoms with Crippen LogP contribution in [0, 0.1) is 13.8 Å². The maximum absolute atomic E-state index is 12.3. The van der Waals surface area contributed by atoms with E-state index in [0.29, 0.717) is 25.3 Å². The Hall–Kier alpha value is -2.04. The summed E-state index contributed by atoms with van der Waals surface area (Å²) < 4.78 is 5.61. The third kappa shape index (κ3) is 3.54. The molecule has 1 atom stereocenters. The molecule has 2 amide bonds. The molecule has 1 saturated heterocycles. The lowest BCUT2D eigenvalue weighted by atomic mass is 10.1. The van der Waals surface area contributed by atoms with Gasteiger partial charge in [-0.2, -0.15) is 0 Å². The van der Waals surface area contributed by atoms with E-state index in [1.54, 1.807) is 4.90 Å². The van der Waals surface area contributed by atoms with Crippen LogP contribution in [0.4, 0.5) is 0 Å². The molecule has 1 aliphatic rings. The molecule has 1 aromatic rings. The van der Waals surface area contributed by atoms with Crippen LogP contribution in [0.1, 0.15) is 24.5 Å². The first-order valence-corrected chi connectivity index (χ1v) is 7.30. The van der Waals surface area contributed by atoms with Crippen LogP contribution in [0.3, 0.4) is 0 Å². The van der Waals surface area contributed by atoms with Gasteiger partial charge in [-0.05, 0) is 31.9 Å². The van der Waals surface area contributed by atoms with Crippen molar-refractivity contribution in [1.82, 2.24) is 10.2 Å². The molecule has 1 heterocycles. The van der Waals surface area contributed by atoms with E-state index >= 15 is 0 Å². The summed E-state index contributed by atoms with van der Waals surface area (Å²) >= 11 is 0. The molecule has 0 spiro atoms. The lowest BCUT2D eigenvalue weighted by Crippen LogP contribution is -2.57. The van der Waals surface area contributed by atoms with Crippen LogP contribution in [0.25, 0.3) is 0 Å². The molecule has 1 fully saturated rings. The minimum atomic E-state index is -0.381. The number of nitrogens with zero attached hydrogens (tertiary/aromatic N) is 1. The summed E-state index contributed by atoms with van der Waals surface area (Å²) in [5.41, 5.74) is 2.16. The molecule has 1 N–H and O–H groups in total. The van der Waals surface area contributed by atoms with Crippen molar-refractivity contribution in [2.75, 3.05) is 19.7 Å². The van der Waals surface area contributed by atoms with Gasteiger partial charge in [0.05, 0.1) is 0 Å². The van der Waals surface area contributed by atoms with Crippen LogP contribution in [-0.4, -0.2) is 42.5 Å². The van der Waals surface area contributed by atoms with E-state index in [-0.39, 0.29) is 24.5 Å². The lowest BCUT2D eigenvalue weighted by Gasteiger charge is -2.34. The summed E-state index contributed by atoms with van der Waals surface area (Å²) in [5.74, 6) is 0.490. The number of hydrogen-bond acceptors (Lipinski definition) is 3. The fourth-order valence-corrected chi connectivity index (χ4v) is 2.60. The van der Waals surface area contributed by atoms with Crippen molar-refractivity contribution in [2.45, 2.75) is 33.2 Å². The predicted molar refractivity (Wildman–Crippen MR) is 80.2 cm³/mol. The number of aryl methyl sites for hydroxylation is 2. The van der Waals surface area contributed by atoms with Gasteiger partial charge in [0.1, 0.15) is 11.8 Å². The molecule has 5 heteroatoms. The van der Waals surface area contributed by atoms with Gasteiger partial charge >= 0.3 is 0 Å². The number of hydrogen-bond donors (Lipinski definition) is 1. The van der Waals surface area contributed by atoms with Gasteiger partial charge in [-0.3, -0.25) is 9.59 Å². The van der Waals surface area contributed by atoms with Crippen molar-refractivity contribution in [1.29, 1.82) is 0 Å². The molecule has 2 rings (SSSR count).